The van der Waals surface area contributed by atoms with E-state index >= 15 is 0 Å². The first-order chi connectivity index (χ1) is 6.61. The molecule has 1 heterocycles. The summed E-state index contributed by atoms with van der Waals surface area (Å²) in [5, 5.41) is 7.51. The van der Waals surface area contributed by atoms with Gasteiger partial charge in [-0.1, -0.05) is 20.8 Å². The van der Waals surface area contributed by atoms with Crippen molar-refractivity contribution >= 4 is 0 Å². The molecule has 78 valence electrons. The molecular formula is C11H19N3. The van der Waals surface area contributed by atoms with Gasteiger partial charge < -0.3 is 5.73 Å². The summed E-state index contributed by atoms with van der Waals surface area (Å²) in [5.74, 6) is 1.05. The minimum Gasteiger partial charge on any atom is -0.324 e. The quantitative estimate of drug-likeness (QED) is 0.717. The van der Waals surface area contributed by atoms with Gasteiger partial charge >= 0.3 is 0 Å². The standard InChI is InChI=1S/C11H19N3/c1-6(2)11-9-8(13-14-11)5-4-7(3)10(9)12/h6-7,10H,4-5,12H2,1-3H3,(H,13,14). The van der Waals surface area contributed by atoms with Crippen molar-refractivity contribution in [1.29, 1.82) is 0 Å². The Morgan fingerprint density at radius 2 is 2.21 bits per heavy atom. The average Bonchev–Trinajstić information content (AvgIpc) is 2.55. The molecule has 2 rings (SSSR count). The summed E-state index contributed by atoms with van der Waals surface area (Å²) in [5.41, 5.74) is 9.93. The smallest absolute Gasteiger partial charge is 0.0698 e. The highest BCUT2D eigenvalue weighted by atomic mass is 15.1. The average molecular weight is 193 g/mol. The van der Waals surface area contributed by atoms with Crippen LogP contribution in [0.5, 0.6) is 0 Å². The van der Waals surface area contributed by atoms with Crippen molar-refractivity contribution in [2.75, 3.05) is 0 Å². The SMILES string of the molecule is CC(C)c1n[nH]c2c1C(N)C(C)CC2. The topological polar surface area (TPSA) is 54.7 Å². The number of rotatable bonds is 1. The van der Waals surface area contributed by atoms with E-state index in [9.17, 15) is 0 Å². The van der Waals surface area contributed by atoms with Crippen LogP contribution >= 0.6 is 0 Å². The van der Waals surface area contributed by atoms with Crippen molar-refractivity contribution in [1.82, 2.24) is 10.2 Å². The third kappa shape index (κ3) is 1.36. The van der Waals surface area contributed by atoms with Crippen LogP contribution in [0.4, 0.5) is 0 Å². The molecule has 0 bridgehead atoms. The van der Waals surface area contributed by atoms with Crippen molar-refractivity contribution in [2.45, 2.75) is 45.6 Å². The molecule has 1 aromatic heterocycles. The predicted molar refractivity (Wildman–Crippen MR) is 57.1 cm³/mol. The van der Waals surface area contributed by atoms with Crippen LogP contribution in [0.3, 0.4) is 0 Å². The van der Waals surface area contributed by atoms with Crippen LogP contribution in [0.2, 0.25) is 0 Å². The van der Waals surface area contributed by atoms with Gasteiger partial charge in [0.2, 0.25) is 0 Å². The highest BCUT2D eigenvalue weighted by molar-refractivity contribution is 5.33. The Hall–Kier alpha value is -0.830. The Kier molecular flexibility index (Phi) is 2.35. The lowest BCUT2D eigenvalue weighted by molar-refractivity contribution is 0.407. The second-order valence-electron chi connectivity index (χ2n) is 4.70. The molecule has 0 saturated heterocycles. The van der Waals surface area contributed by atoms with Crippen molar-refractivity contribution in [2.24, 2.45) is 11.7 Å². The fraction of sp³-hybridized carbons (Fsp3) is 0.727. The zero-order valence-corrected chi connectivity index (χ0v) is 9.17. The normalized spacial score (nSPS) is 26.6. The molecule has 0 spiro atoms. The molecule has 0 aliphatic heterocycles. The predicted octanol–water partition coefficient (Wildman–Crippen LogP) is 2.12. The van der Waals surface area contributed by atoms with E-state index in [0.717, 1.165) is 6.42 Å². The number of nitrogens with one attached hydrogen (secondary N) is 1. The summed E-state index contributed by atoms with van der Waals surface area (Å²) in [6.07, 6.45) is 2.28. The molecule has 3 nitrogen and oxygen atoms in total. The van der Waals surface area contributed by atoms with Gasteiger partial charge in [-0.05, 0) is 24.7 Å². The van der Waals surface area contributed by atoms with Crippen LogP contribution in [0, 0.1) is 5.92 Å². The number of H-pyrrole nitrogens is 1. The number of fused-ring (bicyclic) bond motifs is 1. The second-order valence-corrected chi connectivity index (χ2v) is 4.70. The van der Waals surface area contributed by atoms with Crippen LogP contribution in [0.15, 0.2) is 0 Å². The molecule has 0 aromatic carbocycles. The van der Waals surface area contributed by atoms with Gasteiger partial charge in [0.25, 0.3) is 0 Å². The number of aromatic nitrogens is 2. The Balaban J connectivity index is 2.44. The summed E-state index contributed by atoms with van der Waals surface area (Å²) in [4.78, 5) is 0. The molecule has 3 N–H and O–H groups in total. The third-order valence-corrected chi connectivity index (χ3v) is 3.26. The van der Waals surface area contributed by atoms with E-state index in [1.54, 1.807) is 0 Å². The zero-order valence-electron chi connectivity index (χ0n) is 9.17. The molecule has 14 heavy (non-hydrogen) atoms. The molecule has 0 radical (unpaired) electrons. The van der Waals surface area contributed by atoms with Crippen molar-refractivity contribution in [3.8, 4) is 0 Å². The minimum absolute atomic E-state index is 0.176. The summed E-state index contributed by atoms with van der Waals surface area (Å²) in [6.45, 7) is 6.57. The summed E-state index contributed by atoms with van der Waals surface area (Å²) in [6, 6.07) is 0.176. The van der Waals surface area contributed by atoms with Crippen molar-refractivity contribution in [3.05, 3.63) is 17.0 Å². The number of hydrogen-bond acceptors (Lipinski definition) is 2. The van der Waals surface area contributed by atoms with Crippen LogP contribution in [0.1, 0.15) is 56.1 Å². The van der Waals surface area contributed by atoms with Gasteiger partial charge in [-0.15, -0.1) is 0 Å². The van der Waals surface area contributed by atoms with Gasteiger partial charge in [-0.25, -0.2) is 0 Å². The maximum absolute atomic E-state index is 6.21. The van der Waals surface area contributed by atoms with Crippen LogP contribution < -0.4 is 5.73 Å². The van der Waals surface area contributed by atoms with E-state index < -0.39 is 0 Å². The monoisotopic (exact) mass is 193 g/mol. The van der Waals surface area contributed by atoms with E-state index in [1.807, 2.05) is 0 Å². The maximum atomic E-state index is 6.21. The largest absolute Gasteiger partial charge is 0.324 e. The van der Waals surface area contributed by atoms with Crippen LogP contribution in [-0.4, -0.2) is 10.2 Å². The lowest BCUT2D eigenvalue weighted by Gasteiger charge is -2.26. The molecule has 2 atom stereocenters. The number of aryl methyl sites for hydroxylation is 1. The van der Waals surface area contributed by atoms with Gasteiger partial charge in [0.15, 0.2) is 0 Å². The molecular weight excluding hydrogens is 174 g/mol. The molecule has 2 unspecified atom stereocenters. The second kappa shape index (κ2) is 3.39. The Bertz CT molecular complexity index is 327. The maximum Gasteiger partial charge on any atom is 0.0698 e. The zero-order chi connectivity index (χ0) is 10.3. The van der Waals surface area contributed by atoms with Crippen LogP contribution in [-0.2, 0) is 6.42 Å². The third-order valence-electron chi connectivity index (χ3n) is 3.26. The highest BCUT2D eigenvalue weighted by Gasteiger charge is 2.29. The van der Waals surface area contributed by atoms with E-state index in [1.165, 1.54) is 23.4 Å². The molecule has 3 heteroatoms. The Morgan fingerprint density at radius 1 is 1.50 bits per heavy atom. The molecule has 1 aliphatic rings. The highest BCUT2D eigenvalue weighted by Crippen LogP contribution is 2.35. The minimum atomic E-state index is 0.176. The van der Waals surface area contributed by atoms with Gasteiger partial charge in [0.1, 0.15) is 0 Å². The molecule has 0 fully saturated rings. The summed E-state index contributed by atoms with van der Waals surface area (Å²) in [7, 11) is 0. The first kappa shape index (κ1) is 9.71. The summed E-state index contributed by atoms with van der Waals surface area (Å²) >= 11 is 0. The van der Waals surface area contributed by atoms with Gasteiger partial charge in [-0.3, -0.25) is 5.10 Å². The summed E-state index contributed by atoms with van der Waals surface area (Å²) < 4.78 is 0. The number of hydrogen-bond donors (Lipinski definition) is 2. The van der Waals surface area contributed by atoms with Crippen molar-refractivity contribution < 1.29 is 0 Å². The molecule has 1 aliphatic carbocycles. The first-order valence-corrected chi connectivity index (χ1v) is 5.44. The fourth-order valence-corrected chi connectivity index (χ4v) is 2.24. The number of nitrogens with two attached hydrogens (primary N) is 1. The lowest BCUT2D eigenvalue weighted by Crippen LogP contribution is -2.25. The first-order valence-electron chi connectivity index (χ1n) is 5.44. The Morgan fingerprint density at radius 3 is 2.86 bits per heavy atom. The van der Waals surface area contributed by atoms with Gasteiger partial charge in [0, 0.05) is 17.3 Å². The number of nitrogens with zero attached hydrogens (tertiary/aromatic N) is 1. The Labute approximate surface area is 85.1 Å². The van der Waals surface area contributed by atoms with Crippen molar-refractivity contribution in [3.63, 3.8) is 0 Å². The van der Waals surface area contributed by atoms with E-state index in [4.69, 9.17) is 5.73 Å². The molecule has 0 saturated carbocycles. The molecule has 1 aromatic rings. The van der Waals surface area contributed by atoms with Gasteiger partial charge in [0.05, 0.1) is 5.69 Å². The van der Waals surface area contributed by atoms with Gasteiger partial charge in [-0.2, -0.15) is 5.10 Å². The van der Waals surface area contributed by atoms with E-state index in [-0.39, 0.29) is 6.04 Å². The molecule has 0 amide bonds. The fourth-order valence-electron chi connectivity index (χ4n) is 2.24. The van der Waals surface area contributed by atoms with Crippen LogP contribution in [0.25, 0.3) is 0 Å². The van der Waals surface area contributed by atoms with E-state index in [0.29, 0.717) is 11.8 Å². The number of aromatic amines is 1. The lowest BCUT2D eigenvalue weighted by atomic mass is 9.82. The van der Waals surface area contributed by atoms with E-state index in [2.05, 4.69) is 31.0 Å².